The van der Waals surface area contributed by atoms with Crippen molar-refractivity contribution in [3.63, 3.8) is 0 Å². The van der Waals surface area contributed by atoms with E-state index in [1.165, 1.54) is 0 Å². The molecule has 0 unspecified atom stereocenters. The Bertz CT molecular complexity index is 591. The molecular weight excluding hydrogens is 306 g/mol. The van der Waals surface area contributed by atoms with E-state index in [2.05, 4.69) is 0 Å². The Balaban J connectivity index is 1.59. The number of nitrogens with zero attached hydrogens (tertiary/aromatic N) is 1. The van der Waals surface area contributed by atoms with Gasteiger partial charge in [0.15, 0.2) is 0 Å². The minimum absolute atomic E-state index is 0.0120. The molecule has 1 saturated heterocycles. The molecule has 6 heteroatoms. The molecule has 0 radical (unpaired) electrons. The van der Waals surface area contributed by atoms with Gasteiger partial charge in [0.1, 0.15) is 0 Å². The standard InChI is InChI=1S/C16H18ClNO4/c17-11-3-1-2-10(6-11)13-8-14(13)16(21)18-4-5-22-12(9-18)7-15(19)20/h1-3,6,12-14H,4-5,7-9H2,(H,19,20)/t12-,13-,14-/m1/s1. The number of halogens is 1. The van der Waals surface area contributed by atoms with Crippen LogP contribution in [0.4, 0.5) is 0 Å². The normalized spacial score (nSPS) is 27.5. The minimum Gasteiger partial charge on any atom is -0.481 e. The van der Waals surface area contributed by atoms with Gasteiger partial charge < -0.3 is 14.7 Å². The monoisotopic (exact) mass is 323 g/mol. The maximum absolute atomic E-state index is 12.6. The Hall–Kier alpha value is -1.59. The largest absolute Gasteiger partial charge is 0.481 e. The molecule has 1 aliphatic carbocycles. The fourth-order valence-electron chi connectivity index (χ4n) is 3.05. The van der Waals surface area contributed by atoms with E-state index in [-0.39, 0.29) is 24.2 Å². The van der Waals surface area contributed by atoms with E-state index in [0.29, 0.717) is 24.7 Å². The zero-order chi connectivity index (χ0) is 15.7. The molecule has 1 amide bonds. The van der Waals surface area contributed by atoms with Gasteiger partial charge in [-0.15, -0.1) is 0 Å². The summed E-state index contributed by atoms with van der Waals surface area (Å²) in [4.78, 5) is 25.1. The molecule has 2 fully saturated rings. The second kappa shape index (κ2) is 6.26. The number of carboxylic acids is 1. The van der Waals surface area contributed by atoms with Crippen molar-refractivity contribution in [3.05, 3.63) is 34.9 Å². The molecule has 2 aliphatic rings. The van der Waals surface area contributed by atoms with Gasteiger partial charge in [-0.3, -0.25) is 9.59 Å². The molecule has 3 atom stereocenters. The SMILES string of the molecule is O=C(O)C[C@@H]1CN(C(=O)[C@@H]2C[C@@H]2c2cccc(Cl)c2)CCO1. The first-order chi connectivity index (χ1) is 10.5. The Kier molecular flexibility index (Phi) is 4.36. The number of hydrogen-bond donors (Lipinski definition) is 1. The first-order valence-corrected chi connectivity index (χ1v) is 7.80. The van der Waals surface area contributed by atoms with Crippen molar-refractivity contribution in [2.24, 2.45) is 5.92 Å². The number of amides is 1. The van der Waals surface area contributed by atoms with Crippen molar-refractivity contribution in [1.29, 1.82) is 0 Å². The van der Waals surface area contributed by atoms with Gasteiger partial charge in [-0.1, -0.05) is 23.7 Å². The number of carboxylic acid groups (broad SMARTS) is 1. The molecule has 1 aromatic rings. The van der Waals surface area contributed by atoms with E-state index >= 15 is 0 Å². The van der Waals surface area contributed by atoms with E-state index in [0.717, 1.165) is 12.0 Å². The third-order valence-electron chi connectivity index (χ3n) is 4.24. The maximum atomic E-state index is 12.6. The Labute approximate surface area is 133 Å². The maximum Gasteiger partial charge on any atom is 0.306 e. The van der Waals surface area contributed by atoms with Crippen LogP contribution in [0, 0.1) is 5.92 Å². The van der Waals surface area contributed by atoms with E-state index in [1.807, 2.05) is 24.3 Å². The first-order valence-electron chi connectivity index (χ1n) is 7.42. The first kappa shape index (κ1) is 15.3. The zero-order valence-electron chi connectivity index (χ0n) is 12.1. The molecule has 0 bridgehead atoms. The molecule has 1 saturated carbocycles. The van der Waals surface area contributed by atoms with Gasteiger partial charge >= 0.3 is 5.97 Å². The van der Waals surface area contributed by atoms with Crippen LogP contribution in [0.3, 0.4) is 0 Å². The van der Waals surface area contributed by atoms with Crippen LogP contribution in [-0.2, 0) is 14.3 Å². The lowest BCUT2D eigenvalue weighted by atomic mass is 10.1. The number of carbonyl (C=O) groups is 2. The van der Waals surface area contributed by atoms with Crippen molar-refractivity contribution in [1.82, 2.24) is 4.90 Å². The number of benzene rings is 1. The molecule has 5 nitrogen and oxygen atoms in total. The van der Waals surface area contributed by atoms with Crippen LogP contribution >= 0.6 is 11.6 Å². The number of morpholine rings is 1. The van der Waals surface area contributed by atoms with Crippen LogP contribution < -0.4 is 0 Å². The fraction of sp³-hybridized carbons (Fsp3) is 0.500. The summed E-state index contributed by atoms with van der Waals surface area (Å²) >= 11 is 5.99. The molecule has 118 valence electrons. The topological polar surface area (TPSA) is 66.8 Å². The van der Waals surface area contributed by atoms with Gasteiger partial charge in [0.2, 0.25) is 5.91 Å². The lowest BCUT2D eigenvalue weighted by Crippen LogP contribution is -2.47. The van der Waals surface area contributed by atoms with Crippen LogP contribution in [0.25, 0.3) is 0 Å². The molecule has 0 aromatic heterocycles. The van der Waals surface area contributed by atoms with Gasteiger partial charge in [0, 0.05) is 24.0 Å². The summed E-state index contributed by atoms with van der Waals surface area (Å²) in [5.41, 5.74) is 1.10. The highest BCUT2D eigenvalue weighted by atomic mass is 35.5. The lowest BCUT2D eigenvalue weighted by molar-refractivity contribution is -0.148. The van der Waals surface area contributed by atoms with Gasteiger partial charge in [-0.05, 0) is 30.0 Å². The Morgan fingerprint density at radius 1 is 1.41 bits per heavy atom. The van der Waals surface area contributed by atoms with E-state index in [4.69, 9.17) is 21.4 Å². The van der Waals surface area contributed by atoms with Crippen LogP contribution in [0.15, 0.2) is 24.3 Å². The number of carbonyl (C=O) groups excluding carboxylic acids is 1. The van der Waals surface area contributed by atoms with Crippen molar-refractivity contribution in [2.45, 2.75) is 24.9 Å². The van der Waals surface area contributed by atoms with Crippen molar-refractivity contribution in [3.8, 4) is 0 Å². The highest BCUT2D eigenvalue weighted by molar-refractivity contribution is 6.30. The van der Waals surface area contributed by atoms with E-state index in [1.54, 1.807) is 4.90 Å². The van der Waals surface area contributed by atoms with Crippen molar-refractivity contribution >= 4 is 23.5 Å². The predicted molar refractivity (Wildman–Crippen MR) is 80.9 cm³/mol. The third-order valence-corrected chi connectivity index (χ3v) is 4.47. The molecule has 1 aromatic carbocycles. The van der Waals surface area contributed by atoms with Crippen molar-refractivity contribution < 1.29 is 19.4 Å². The minimum atomic E-state index is -0.900. The summed E-state index contributed by atoms with van der Waals surface area (Å²) < 4.78 is 5.40. The molecule has 1 heterocycles. The number of rotatable bonds is 4. The highest BCUT2D eigenvalue weighted by Gasteiger charge is 2.46. The molecule has 1 N–H and O–H groups in total. The molecular formula is C16H18ClNO4. The summed E-state index contributed by atoms with van der Waals surface area (Å²) in [6.07, 6.45) is 0.366. The molecule has 0 spiro atoms. The molecule has 22 heavy (non-hydrogen) atoms. The number of hydrogen-bond acceptors (Lipinski definition) is 3. The Morgan fingerprint density at radius 2 is 2.23 bits per heavy atom. The van der Waals surface area contributed by atoms with Crippen molar-refractivity contribution in [2.75, 3.05) is 19.7 Å². The third kappa shape index (κ3) is 3.42. The van der Waals surface area contributed by atoms with Crippen LogP contribution in [-0.4, -0.2) is 47.7 Å². The Morgan fingerprint density at radius 3 is 2.95 bits per heavy atom. The smallest absolute Gasteiger partial charge is 0.306 e. The summed E-state index contributed by atoms with van der Waals surface area (Å²) in [5, 5.41) is 9.52. The summed E-state index contributed by atoms with van der Waals surface area (Å²) in [7, 11) is 0. The zero-order valence-corrected chi connectivity index (χ0v) is 12.8. The lowest BCUT2D eigenvalue weighted by Gasteiger charge is -2.32. The average Bonchev–Trinajstić information content (AvgIpc) is 3.26. The van der Waals surface area contributed by atoms with Gasteiger partial charge in [-0.25, -0.2) is 0 Å². The number of aliphatic carboxylic acids is 1. The van der Waals surface area contributed by atoms with Gasteiger partial charge in [0.25, 0.3) is 0 Å². The number of ether oxygens (including phenoxy) is 1. The molecule has 3 rings (SSSR count). The van der Waals surface area contributed by atoms with Crippen LogP contribution in [0.1, 0.15) is 24.3 Å². The summed E-state index contributed by atoms with van der Waals surface area (Å²) in [6, 6.07) is 7.63. The molecule has 1 aliphatic heterocycles. The quantitative estimate of drug-likeness (QED) is 0.922. The fourth-order valence-corrected chi connectivity index (χ4v) is 3.24. The summed E-state index contributed by atoms with van der Waals surface area (Å²) in [6.45, 7) is 1.30. The van der Waals surface area contributed by atoms with Gasteiger partial charge in [0.05, 0.1) is 19.1 Å². The summed E-state index contributed by atoms with van der Waals surface area (Å²) in [5.74, 6) is -0.583. The predicted octanol–water partition coefficient (Wildman–Crippen LogP) is 2.15. The highest BCUT2D eigenvalue weighted by Crippen LogP contribution is 2.49. The van der Waals surface area contributed by atoms with Crippen LogP contribution in [0.2, 0.25) is 5.02 Å². The second-order valence-electron chi connectivity index (χ2n) is 5.88. The van der Waals surface area contributed by atoms with E-state index < -0.39 is 12.1 Å². The van der Waals surface area contributed by atoms with Gasteiger partial charge in [-0.2, -0.15) is 0 Å². The van der Waals surface area contributed by atoms with E-state index in [9.17, 15) is 9.59 Å². The van der Waals surface area contributed by atoms with Crippen LogP contribution in [0.5, 0.6) is 0 Å². The average molecular weight is 324 g/mol. The second-order valence-corrected chi connectivity index (χ2v) is 6.32.